The number of amides is 2. The molecule has 2 atom stereocenters. The Hall–Kier alpha value is -1.91. The lowest BCUT2D eigenvalue weighted by Crippen LogP contribution is -2.50. The Labute approximate surface area is 190 Å². The van der Waals surface area contributed by atoms with Gasteiger partial charge >= 0.3 is 6.03 Å². The van der Waals surface area contributed by atoms with Crippen LogP contribution in [0.25, 0.3) is 0 Å². The van der Waals surface area contributed by atoms with Crippen LogP contribution >= 0.6 is 0 Å². The van der Waals surface area contributed by atoms with Crippen molar-refractivity contribution in [2.24, 2.45) is 0 Å². The summed E-state index contributed by atoms with van der Waals surface area (Å²) in [6.45, 7) is 11.0. The molecule has 2 saturated heterocycles. The molecule has 10 heteroatoms. The van der Waals surface area contributed by atoms with Crippen LogP contribution in [0.2, 0.25) is 0 Å². The summed E-state index contributed by atoms with van der Waals surface area (Å²) in [4.78, 5) is 16.2. The lowest BCUT2D eigenvalue weighted by Gasteiger charge is -2.37. The number of anilines is 2. The summed E-state index contributed by atoms with van der Waals surface area (Å²) < 4.78 is 47.0. The predicted octanol–water partition coefficient (Wildman–Crippen LogP) is 3.15. The summed E-state index contributed by atoms with van der Waals surface area (Å²) in [6.07, 6.45) is 1.11. The Morgan fingerprint density at radius 1 is 1.12 bits per heavy atom. The van der Waals surface area contributed by atoms with Crippen LogP contribution in [-0.4, -0.2) is 68.5 Å². The van der Waals surface area contributed by atoms with E-state index < -0.39 is 14.8 Å². The molecule has 2 aliphatic rings. The third-order valence-electron chi connectivity index (χ3n) is 5.87. The second-order valence-corrected chi connectivity index (χ2v) is 12.2. The molecule has 8 nitrogen and oxygen atoms in total. The van der Waals surface area contributed by atoms with Crippen molar-refractivity contribution in [2.75, 3.05) is 36.4 Å². The molecule has 0 saturated carbocycles. The quantitative estimate of drug-likeness (QED) is 0.706. The van der Waals surface area contributed by atoms with Crippen LogP contribution in [0.3, 0.4) is 0 Å². The minimum atomic E-state index is -3.43. The summed E-state index contributed by atoms with van der Waals surface area (Å²) >= 11 is 0. The van der Waals surface area contributed by atoms with E-state index in [1.54, 1.807) is 37.8 Å². The van der Waals surface area contributed by atoms with E-state index in [1.165, 1.54) is 6.07 Å². The maximum Gasteiger partial charge on any atom is 0.321 e. The summed E-state index contributed by atoms with van der Waals surface area (Å²) in [6, 6.07) is 4.21. The van der Waals surface area contributed by atoms with E-state index >= 15 is 0 Å². The zero-order valence-electron chi connectivity index (χ0n) is 19.5. The number of halogens is 1. The number of sulfonamides is 1. The molecule has 0 spiro atoms. The number of nitrogens with zero attached hydrogens (tertiary/aromatic N) is 2. The van der Waals surface area contributed by atoms with Gasteiger partial charge in [0.1, 0.15) is 5.82 Å². The molecule has 2 aliphatic heterocycles. The van der Waals surface area contributed by atoms with E-state index in [4.69, 9.17) is 4.74 Å². The summed E-state index contributed by atoms with van der Waals surface area (Å²) in [5.41, 5.74) is 0.887. The van der Waals surface area contributed by atoms with Crippen molar-refractivity contribution in [2.45, 2.75) is 70.5 Å². The molecule has 2 N–H and O–H groups in total. The standard InChI is InChI=1S/C22H35FN4O4S/c1-15-13-27(14-16(2)31-15)20-7-6-18(12-19(20)23)24-21(28)26-10-8-17(9-11-26)25-32(29,30)22(3,4)5/h6-7,12,15-17,25H,8-11,13-14H2,1-5H3,(H,24,28). The first-order valence-corrected chi connectivity index (χ1v) is 12.6. The monoisotopic (exact) mass is 470 g/mol. The molecule has 2 fully saturated rings. The Balaban J connectivity index is 1.55. The Kier molecular flexibility index (Phi) is 7.36. The summed E-state index contributed by atoms with van der Waals surface area (Å²) in [5.74, 6) is -0.389. The number of morpholine rings is 1. The van der Waals surface area contributed by atoms with Gasteiger partial charge in [-0.05, 0) is 65.7 Å². The zero-order chi connectivity index (χ0) is 23.7. The minimum absolute atomic E-state index is 0.0216. The Morgan fingerprint density at radius 3 is 2.25 bits per heavy atom. The third kappa shape index (κ3) is 5.90. The zero-order valence-corrected chi connectivity index (χ0v) is 20.3. The first-order chi connectivity index (χ1) is 14.9. The molecule has 1 aromatic carbocycles. The van der Waals surface area contributed by atoms with Crippen molar-refractivity contribution in [1.29, 1.82) is 0 Å². The number of rotatable bonds is 4. The molecule has 2 unspecified atom stereocenters. The van der Waals surface area contributed by atoms with Crippen LogP contribution in [-0.2, 0) is 14.8 Å². The molecule has 0 bridgehead atoms. The molecule has 180 valence electrons. The molecule has 0 aliphatic carbocycles. The summed E-state index contributed by atoms with van der Waals surface area (Å²) in [5, 5.41) is 2.75. The van der Waals surface area contributed by atoms with E-state index in [0.717, 1.165) is 0 Å². The molecular weight excluding hydrogens is 435 g/mol. The van der Waals surface area contributed by atoms with Crippen LogP contribution < -0.4 is 14.9 Å². The van der Waals surface area contributed by atoms with Gasteiger partial charge in [0.15, 0.2) is 0 Å². The molecule has 32 heavy (non-hydrogen) atoms. The SMILES string of the molecule is CC1CN(c2ccc(NC(=O)N3CCC(NS(=O)(=O)C(C)(C)C)CC3)cc2F)CC(C)O1. The number of hydrogen-bond donors (Lipinski definition) is 2. The first kappa shape index (κ1) is 24.7. The number of likely N-dealkylation sites (tertiary alicyclic amines) is 1. The van der Waals surface area contributed by atoms with Gasteiger partial charge in [-0.3, -0.25) is 0 Å². The van der Waals surface area contributed by atoms with Crippen molar-refractivity contribution in [3.8, 4) is 0 Å². The van der Waals surface area contributed by atoms with E-state index in [1.807, 2.05) is 18.7 Å². The van der Waals surface area contributed by atoms with Crippen molar-refractivity contribution in [3.63, 3.8) is 0 Å². The van der Waals surface area contributed by atoms with E-state index in [-0.39, 0.29) is 30.1 Å². The fourth-order valence-electron chi connectivity index (χ4n) is 4.01. The number of benzene rings is 1. The van der Waals surface area contributed by atoms with Crippen molar-refractivity contribution < 1.29 is 22.3 Å². The number of carbonyl (C=O) groups excluding carboxylic acids is 1. The van der Waals surface area contributed by atoms with Crippen molar-refractivity contribution in [3.05, 3.63) is 24.0 Å². The lowest BCUT2D eigenvalue weighted by atomic mass is 10.1. The highest BCUT2D eigenvalue weighted by Gasteiger charge is 2.33. The van der Waals surface area contributed by atoms with Crippen LogP contribution in [0.4, 0.5) is 20.6 Å². The predicted molar refractivity (Wildman–Crippen MR) is 124 cm³/mol. The van der Waals surface area contributed by atoms with Crippen LogP contribution in [0.1, 0.15) is 47.5 Å². The highest BCUT2D eigenvalue weighted by Crippen LogP contribution is 2.26. The topological polar surface area (TPSA) is 91.0 Å². The number of ether oxygens (including phenoxy) is 1. The van der Waals surface area contributed by atoms with Gasteiger partial charge in [0, 0.05) is 37.9 Å². The number of hydrogen-bond acceptors (Lipinski definition) is 5. The molecule has 1 aromatic rings. The van der Waals surface area contributed by atoms with Gasteiger partial charge in [-0.25, -0.2) is 22.3 Å². The van der Waals surface area contributed by atoms with Gasteiger partial charge in [-0.15, -0.1) is 0 Å². The summed E-state index contributed by atoms with van der Waals surface area (Å²) in [7, 11) is -3.43. The first-order valence-electron chi connectivity index (χ1n) is 11.1. The van der Waals surface area contributed by atoms with E-state index in [2.05, 4.69) is 10.0 Å². The van der Waals surface area contributed by atoms with Crippen LogP contribution in [0.15, 0.2) is 18.2 Å². The maximum atomic E-state index is 14.8. The fourth-order valence-corrected chi connectivity index (χ4v) is 5.04. The molecule has 0 radical (unpaired) electrons. The van der Waals surface area contributed by atoms with Crippen LogP contribution in [0.5, 0.6) is 0 Å². The lowest BCUT2D eigenvalue weighted by molar-refractivity contribution is -0.00539. The van der Waals surface area contributed by atoms with Crippen molar-refractivity contribution >= 4 is 27.4 Å². The minimum Gasteiger partial charge on any atom is -0.372 e. The maximum absolute atomic E-state index is 14.8. The average molecular weight is 471 g/mol. The average Bonchev–Trinajstić information content (AvgIpc) is 2.66. The number of nitrogens with one attached hydrogen (secondary N) is 2. The Bertz CT molecular complexity index is 916. The van der Waals surface area contributed by atoms with Gasteiger partial charge < -0.3 is 19.9 Å². The van der Waals surface area contributed by atoms with Gasteiger partial charge in [-0.1, -0.05) is 0 Å². The largest absolute Gasteiger partial charge is 0.372 e. The molecular formula is C22H35FN4O4S. The second-order valence-electron chi connectivity index (χ2n) is 9.75. The molecule has 0 aromatic heterocycles. The Morgan fingerprint density at radius 2 is 1.72 bits per heavy atom. The highest BCUT2D eigenvalue weighted by atomic mass is 32.2. The van der Waals surface area contributed by atoms with E-state index in [0.29, 0.717) is 50.4 Å². The van der Waals surface area contributed by atoms with Gasteiger partial charge in [-0.2, -0.15) is 0 Å². The second kappa shape index (κ2) is 9.52. The molecule has 2 heterocycles. The van der Waals surface area contributed by atoms with Crippen molar-refractivity contribution in [1.82, 2.24) is 9.62 Å². The van der Waals surface area contributed by atoms with E-state index in [9.17, 15) is 17.6 Å². The smallest absolute Gasteiger partial charge is 0.321 e. The normalized spacial score (nSPS) is 23.3. The van der Waals surface area contributed by atoms with Gasteiger partial charge in [0.25, 0.3) is 0 Å². The van der Waals surface area contributed by atoms with Gasteiger partial charge in [0.2, 0.25) is 10.0 Å². The fraction of sp³-hybridized carbons (Fsp3) is 0.682. The third-order valence-corrected chi connectivity index (χ3v) is 8.13. The number of carbonyl (C=O) groups is 1. The number of urea groups is 1. The molecule has 2 amide bonds. The van der Waals surface area contributed by atoms with Gasteiger partial charge in [0.05, 0.1) is 22.6 Å². The number of piperidine rings is 1. The van der Waals surface area contributed by atoms with Crippen LogP contribution in [0, 0.1) is 5.82 Å². The highest BCUT2D eigenvalue weighted by molar-refractivity contribution is 7.90. The molecule has 3 rings (SSSR count).